The van der Waals surface area contributed by atoms with Gasteiger partial charge >= 0.3 is 5.97 Å². The molecule has 0 spiro atoms. The number of para-hydroxylation sites is 1. The molecule has 8 heteroatoms. The van der Waals surface area contributed by atoms with E-state index in [2.05, 4.69) is 0 Å². The van der Waals surface area contributed by atoms with Crippen LogP contribution in [0, 0.1) is 0 Å². The molecule has 2 aliphatic heterocycles. The number of pyridine rings is 1. The van der Waals surface area contributed by atoms with Crippen molar-refractivity contribution < 1.29 is 19.1 Å². The third kappa shape index (κ3) is 4.46. The van der Waals surface area contributed by atoms with E-state index in [1.54, 1.807) is 16.4 Å². The van der Waals surface area contributed by atoms with Gasteiger partial charge in [0.25, 0.3) is 11.5 Å². The topological polar surface area (TPSA) is 81.1 Å². The summed E-state index contributed by atoms with van der Waals surface area (Å²) >= 11 is 0. The van der Waals surface area contributed by atoms with E-state index in [9.17, 15) is 14.4 Å². The van der Waals surface area contributed by atoms with Crippen LogP contribution in [0.5, 0.6) is 0 Å². The Morgan fingerprint density at radius 3 is 2.39 bits per heavy atom. The van der Waals surface area contributed by atoms with Gasteiger partial charge in [-0.25, -0.2) is 4.79 Å². The van der Waals surface area contributed by atoms with Crippen molar-refractivity contribution in [3.8, 4) is 0 Å². The van der Waals surface area contributed by atoms with Gasteiger partial charge in [0.1, 0.15) is 5.56 Å². The highest BCUT2D eigenvalue weighted by molar-refractivity contribution is 6.05. The Labute approximate surface area is 209 Å². The Kier molecular flexibility index (Phi) is 6.75. The minimum Gasteiger partial charge on any atom is -0.488 e. The van der Waals surface area contributed by atoms with E-state index in [1.165, 1.54) is 0 Å². The number of esters is 1. The number of ether oxygens (including phenoxy) is 2. The highest BCUT2D eigenvalue weighted by atomic mass is 16.5. The Balaban J connectivity index is 1.56. The molecule has 1 saturated heterocycles. The van der Waals surface area contributed by atoms with Gasteiger partial charge in [0.2, 0.25) is 0 Å². The van der Waals surface area contributed by atoms with E-state index in [0.29, 0.717) is 50.8 Å². The lowest BCUT2D eigenvalue weighted by molar-refractivity contribution is -0.130. The monoisotopic (exact) mass is 487 g/mol. The van der Waals surface area contributed by atoms with E-state index in [1.807, 2.05) is 65.6 Å². The molecule has 0 radical (unpaired) electrons. The van der Waals surface area contributed by atoms with E-state index >= 15 is 0 Å². The molecule has 3 aromatic rings. The van der Waals surface area contributed by atoms with Crippen LogP contribution < -0.4 is 10.5 Å². The van der Waals surface area contributed by atoms with Gasteiger partial charge < -0.3 is 23.8 Å². The van der Waals surface area contributed by atoms with Crippen LogP contribution in [0.3, 0.4) is 0 Å². The summed E-state index contributed by atoms with van der Waals surface area (Å²) in [7, 11) is 0. The van der Waals surface area contributed by atoms with Gasteiger partial charge in [0.05, 0.1) is 31.0 Å². The third-order valence-electron chi connectivity index (χ3n) is 6.61. The fourth-order valence-electron chi connectivity index (χ4n) is 4.88. The molecule has 0 bridgehead atoms. The van der Waals surface area contributed by atoms with Gasteiger partial charge in [0.15, 0.2) is 5.76 Å². The first kappa shape index (κ1) is 23.7. The van der Waals surface area contributed by atoms with E-state index in [-0.39, 0.29) is 23.6 Å². The molecule has 0 N–H and O–H groups in total. The van der Waals surface area contributed by atoms with Crippen LogP contribution in [0.2, 0.25) is 0 Å². The number of amides is 1. The summed E-state index contributed by atoms with van der Waals surface area (Å²) < 4.78 is 12.4. The summed E-state index contributed by atoms with van der Waals surface area (Å²) in [6, 6.07) is 17.3. The first-order chi connectivity index (χ1) is 17.6. The lowest BCUT2D eigenvalue weighted by Crippen LogP contribution is -2.50. The Morgan fingerprint density at radius 2 is 1.69 bits per heavy atom. The summed E-state index contributed by atoms with van der Waals surface area (Å²) in [5.41, 5.74) is 1.93. The fourth-order valence-corrected chi connectivity index (χ4v) is 4.88. The highest BCUT2D eigenvalue weighted by Crippen LogP contribution is 2.31. The number of fused-ring (bicyclic) bond motifs is 1. The number of carbonyl (C=O) groups is 2. The highest BCUT2D eigenvalue weighted by Gasteiger charge is 2.31. The molecule has 186 valence electrons. The van der Waals surface area contributed by atoms with Crippen LogP contribution in [0.4, 0.5) is 5.69 Å². The molecule has 8 nitrogen and oxygen atoms in total. The third-order valence-corrected chi connectivity index (χ3v) is 6.61. The molecule has 0 aliphatic carbocycles. The average molecular weight is 488 g/mol. The largest absolute Gasteiger partial charge is 0.488 e. The maximum absolute atomic E-state index is 13.9. The second kappa shape index (κ2) is 10.3. The van der Waals surface area contributed by atoms with Crippen molar-refractivity contribution in [3.63, 3.8) is 0 Å². The van der Waals surface area contributed by atoms with Crippen molar-refractivity contribution in [2.75, 3.05) is 44.3 Å². The van der Waals surface area contributed by atoms with Gasteiger partial charge in [-0.15, -0.1) is 0 Å². The van der Waals surface area contributed by atoms with Crippen LogP contribution in [-0.2, 0) is 20.8 Å². The second-order valence-corrected chi connectivity index (χ2v) is 8.82. The van der Waals surface area contributed by atoms with Gasteiger partial charge in [-0.1, -0.05) is 48.5 Å². The molecule has 2 aliphatic rings. The van der Waals surface area contributed by atoms with Crippen molar-refractivity contribution in [2.24, 2.45) is 0 Å². The van der Waals surface area contributed by atoms with Crippen LogP contribution in [-0.4, -0.2) is 60.7 Å². The van der Waals surface area contributed by atoms with Crippen molar-refractivity contribution in [1.29, 1.82) is 0 Å². The lowest BCUT2D eigenvalue weighted by Gasteiger charge is -2.37. The number of hydrogen-bond acceptors (Lipinski definition) is 6. The van der Waals surface area contributed by atoms with E-state index < -0.39 is 5.97 Å². The quantitative estimate of drug-likeness (QED) is 0.497. The molecule has 0 saturated carbocycles. The van der Waals surface area contributed by atoms with Crippen LogP contribution in [0.25, 0.3) is 10.9 Å². The normalized spacial score (nSPS) is 15.5. The van der Waals surface area contributed by atoms with E-state index in [4.69, 9.17) is 9.47 Å². The van der Waals surface area contributed by atoms with Gasteiger partial charge in [-0.05, 0) is 24.6 Å². The molecule has 3 heterocycles. The van der Waals surface area contributed by atoms with Crippen LogP contribution >= 0.6 is 0 Å². The molecular formula is C28H29N3O5. The summed E-state index contributed by atoms with van der Waals surface area (Å²) in [5.74, 6) is -0.335. The van der Waals surface area contributed by atoms with Crippen molar-refractivity contribution >= 4 is 28.5 Å². The summed E-state index contributed by atoms with van der Waals surface area (Å²) in [5, 5.41) is 0.803. The predicted octanol–water partition coefficient (Wildman–Crippen LogP) is 3.18. The minimum absolute atomic E-state index is 0.0353. The summed E-state index contributed by atoms with van der Waals surface area (Å²) in [4.78, 5) is 43.6. The molecule has 5 rings (SSSR count). The smallest absolute Gasteiger partial charge is 0.345 e. The maximum Gasteiger partial charge on any atom is 0.345 e. The number of aromatic nitrogens is 1. The predicted molar refractivity (Wildman–Crippen MR) is 137 cm³/mol. The number of nitrogens with zero attached hydrogens (tertiary/aromatic N) is 3. The number of rotatable bonds is 6. The zero-order chi connectivity index (χ0) is 25.1. The Bertz CT molecular complexity index is 1370. The fraction of sp³-hybridized carbons (Fsp3) is 0.321. The van der Waals surface area contributed by atoms with Gasteiger partial charge in [0, 0.05) is 38.0 Å². The van der Waals surface area contributed by atoms with Crippen molar-refractivity contribution in [1.82, 2.24) is 9.47 Å². The van der Waals surface area contributed by atoms with Gasteiger partial charge in [-0.2, -0.15) is 0 Å². The van der Waals surface area contributed by atoms with E-state index in [0.717, 1.165) is 22.9 Å². The zero-order valence-electron chi connectivity index (χ0n) is 20.3. The first-order valence-electron chi connectivity index (χ1n) is 12.3. The zero-order valence-corrected chi connectivity index (χ0v) is 20.3. The molecule has 0 atom stereocenters. The lowest BCUT2D eigenvalue weighted by atomic mass is 10.0. The second-order valence-electron chi connectivity index (χ2n) is 8.82. The molecule has 1 amide bonds. The SMILES string of the molecule is CCOC(=O)c1c(N2CCN(C(=O)C3=CCCO3)CC2)c2ccccc2n(Cc2ccccc2)c1=O. The number of piperazine rings is 1. The number of benzene rings is 2. The maximum atomic E-state index is 13.9. The van der Waals surface area contributed by atoms with Crippen LogP contribution in [0.15, 0.2) is 71.2 Å². The summed E-state index contributed by atoms with van der Waals surface area (Å²) in [6.45, 7) is 4.66. The Morgan fingerprint density at radius 1 is 0.972 bits per heavy atom. The number of anilines is 1. The average Bonchev–Trinajstić information content (AvgIpc) is 3.45. The molecule has 2 aromatic carbocycles. The van der Waals surface area contributed by atoms with Gasteiger partial charge in [-0.3, -0.25) is 9.59 Å². The molecule has 0 unspecified atom stereocenters. The molecular weight excluding hydrogens is 458 g/mol. The summed E-state index contributed by atoms with van der Waals surface area (Å²) in [6.07, 6.45) is 2.57. The minimum atomic E-state index is -0.631. The van der Waals surface area contributed by atoms with Crippen molar-refractivity contribution in [2.45, 2.75) is 19.9 Å². The molecule has 1 aromatic heterocycles. The first-order valence-corrected chi connectivity index (χ1v) is 12.3. The standard InChI is InChI=1S/C28H29N3O5/c1-2-35-28(34)24-25(29-14-16-30(17-15-29)26(32)23-13-8-18-36-23)21-11-6-7-12-22(21)31(27(24)33)19-20-9-4-3-5-10-20/h3-7,9-13H,2,8,14-19H2,1H3. The van der Waals surface area contributed by atoms with Crippen molar-refractivity contribution in [3.05, 3.63) is 87.9 Å². The Hall–Kier alpha value is -4.07. The number of carbonyl (C=O) groups excluding carboxylic acids is 2. The number of hydrogen-bond donors (Lipinski definition) is 0. The molecule has 36 heavy (non-hydrogen) atoms. The molecule has 1 fully saturated rings. The van der Waals surface area contributed by atoms with Crippen LogP contribution in [0.1, 0.15) is 29.3 Å².